The molecular weight excluding hydrogens is 248 g/mol. The maximum Gasteiger partial charge on any atom is 0.241 e. The van der Waals surface area contributed by atoms with Crippen LogP contribution in [0.1, 0.15) is 30.4 Å². The van der Waals surface area contributed by atoms with E-state index in [1.165, 1.54) is 0 Å². The molecule has 18 heavy (non-hydrogen) atoms. The Morgan fingerprint density at radius 2 is 2.00 bits per heavy atom. The van der Waals surface area contributed by atoms with Crippen molar-refractivity contribution >= 4 is 10.0 Å². The molecule has 4 nitrogen and oxygen atoms in total. The van der Waals surface area contributed by atoms with Crippen molar-refractivity contribution in [1.82, 2.24) is 4.72 Å². The Bertz CT molecular complexity index is 540. The highest BCUT2D eigenvalue weighted by Gasteiger charge is 2.29. The maximum absolute atomic E-state index is 12.3. The Kier molecular flexibility index (Phi) is 3.75. The van der Waals surface area contributed by atoms with Crippen molar-refractivity contribution in [2.75, 3.05) is 0 Å². The van der Waals surface area contributed by atoms with Crippen molar-refractivity contribution in [3.63, 3.8) is 0 Å². The molecule has 1 aromatic carbocycles. The molecule has 0 bridgehead atoms. The van der Waals surface area contributed by atoms with Gasteiger partial charge in [0.1, 0.15) is 0 Å². The summed E-state index contributed by atoms with van der Waals surface area (Å²) in [6.45, 7) is 3.70. The monoisotopic (exact) mass is 268 g/mol. The Labute approximate surface area is 109 Å². The van der Waals surface area contributed by atoms with Crippen molar-refractivity contribution in [2.24, 2.45) is 5.73 Å². The number of rotatable bonds is 3. The first-order valence-electron chi connectivity index (χ1n) is 6.25. The summed E-state index contributed by atoms with van der Waals surface area (Å²) in [5.74, 6) is 0. The summed E-state index contributed by atoms with van der Waals surface area (Å²) in [4.78, 5) is 0.363. The van der Waals surface area contributed by atoms with Crippen LogP contribution in [0.25, 0.3) is 0 Å². The molecule has 100 valence electrons. The highest BCUT2D eigenvalue weighted by molar-refractivity contribution is 7.89. The van der Waals surface area contributed by atoms with Crippen LogP contribution in [-0.4, -0.2) is 20.5 Å². The van der Waals surface area contributed by atoms with Crippen LogP contribution < -0.4 is 10.5 Å². The van der Waals surface area contributed by atoms with Gasteiger partial charge in [-0.1, -0.05) is 18.6 Å². The van der Waals surface area contributed by atoms with Crippen LogP contribution in [0.2, 0.25) is 0 Å². The van der Waals surface area contributed by atoms with Crippen LogP contribution in [0.15, 0.2) is 23.1 Å². The van der Waals surface area contributed by atoms with Gasteiger partial charge in [-0.05, 0) is 43.9 Å². The summed E-state index contributed by atoms with van der Waals surface area (Å²) in [5.41, 5.74) is 7.61. The zero-order valence-corrected chi connectivity index (χ0v) is 11.6. The van der Waals surface area contributed by atoms with Crippen molar-refractivity contribution in [1.29, 1.82) is 0 Å². The van der Waals surface area contributed by atoms with Gasteiger partial charge < -0.3 is 5.73 Å². The first-order chi connectivity index (χ1) is 8.40. The molecule has 0 spiro atoms. The van der Waals surface area contributed by atoms with Crippen molar-refractivity contribution < 1.29 is 8.42 Å². The molecule has 1 aliphatic rings. The molecule has 2 atom stereocenters. The lowest BCUT2D eigenvalue weighted by molar-refractivity contribution is 0.522. The molecule has 1 saturated carbocycles. The predicted molar refractivity (Wildman–Crippen MR) is 71.9 cm³/mol. The molecule has 0 aromatic heterocycles. The Morgan fingerprint density at radius 3 is 2.61 bits per heavy atom. The predicted octanol–water partition coefficient (Wildman–Crippen LogP) is 1.46. The zero-order valence-electron chi connectivity index (χ0n) is 10.8. The second-order valence-electron chi connectivity index (χ2n) is 5.09. The van der Waals surface area contributed by atoms with Gasteiger partial charge in [0.05, 0.1) is 4.90 Å². The van der Waals surface area contributed by atoms with E-state index in [2.05, 4.69) is 4.72 Å². The van der Waals surface area contributed by atoms with E-state index in [1.54, 1.807) is 6.07 Å². The van der Waals surface area contributed by atoms with Gasteiger partial charge in [0.15, 0.2) is 0 Å². The van der Waals surface area contributed by atoms with E-state index < -0.39 is 10.0 Å². The summed E-state index contributed by atoms with van der Waals surface area (Å²) in [6.07, 6.45) is 2.70. The largest absolute Gasteiger partial charge is 0.326 e. The number of nitrogens with two attached hydrogens (primary N) is 1. The standard InChI is InChI=1S/C13H20N2O2S/c1-9-6-7-10(2)13(8-9)18(16,17)15-12-5-3-4-11(12)14/h6-8,11-12,15H,3-5,14H2,1-2H3. The van der Waals surface area contributed by atoms with Crippen molar-refractivity contribution in [3.8, 4) is 0 Å². The summed E-state index contributed by atoms with van der Waals surface area (Å²) in [5, 5.41) is 0. The van der Waals surface area contributed by atoms with Gasteiger partial charge in [0.2, 0.25) is 10.0 Å². The fourth-order valence-electron chi connectivity index (χ4n) is 2.39. The lowest BCUT2D eigenvalue weighted by Gasteiger charge is -2.18. The van der Waals surface area contributed by atoms with Gasteiger partial charge in [0.25, 0.3) is 0 Å². The molecule has 0 heterocycles. The van der Waals surface area contributed by atoms with Crippen LogP contribution in [0, 0.1) is 13.8 Å². The normalized spacial score (nSPS) is 24.4. The van der Waals surface area contributed by atoms with Gasteiger partial charge in [-0.15, -0.1) is 0 Å². The fraction of sp³-hybridized carbons (Fsp3) is 0.538. The molecule has 2 unspecified atom stereocenters. The van der Waals surface area contributed by atoms with Gasteiger partial charge >= 0.3 is 0 Å². The summed E-state index contributed by atoms with van der Waals surface area (Å²) >= 11 is 0. The maximum atomic E-state index is 12.3. The third-order valence-electron chi connectivity index (χ3n) is 3.51. The van der Waals surface area contributed by atoms with Crippen LogP contribution in [-0.2, 0) is 10.0 Å². The van der Waals surface area contributed by atoms with E-state index in [0.29, 0.717) is 4.90 Å². The van der Waals surface area contributed by atoms with Crippen LogP contribution in [0.3, 0.4) is 0 Å². The van der Waals surface area contributed by atoms with Crippen LogP contribution in [0.5, 0.6) is 0 Å². The molecule has 0 amide bonds. The number of aryl methyl sites for hydroxylation is 2. The minimum absolute atomic E-state index is 0.0649. The van der Waals surface area contributed by atoms with E-state index in [9.17, 15) is 8.42 Å². The lowest BCUT2D eigenvalue weighted by atomic mass is 10.2. The van der Waals surface area contributed by atoms with Gasteiger partial charge in [-0.25, -0.2) is 13.1 Å². The van der Waals surface area contributed by atoms with Gasteiger partial charge in [0, 0.05) is 12.1 Å². The van der Waals surface area contributed by atoms with E-state index in [1.807, 2.05) is 26.0 Å². The minimum atomic E-state index is -3.46. The summed E-state index contributed by atoms with van der Waals surface area (Å²) < 4.78 is 27.4. The molecule has 1 aromatic rings. The van der Waals surface area contributed by atoms with Crippen molar-refractivity contribution in [2.45, 2.75) is 50.1 Å². The second kappa shape index (κ2) is 4.99. The number of sulfonamides is 1. The summed E-state index contributed by atoms with van der Waals surface area (Å²) in [6, 6.07) is 5.26. The molecule has 2 rings (SSSR count). The SMILES string of the molecule is Cc1ccc(C)c(S(=O)(=O)NC2CCCC2N)c1. The lowest BCUT2D eigenvalue weighted by Crippen LogP contribution is -2.44. The third-order valence-corrected chi connectivity index (χ3v) is 5.14. The molecule has 3 N–H and O–H groups in total. The number of nitrogens with one attached hydrogen (secondary N) is 1. The van der Waals surface area contributed by atoms with Gasteiger partial charge in [-0.2, -0.15) is 0 Å². The topological polar surface area (TPSA) is 72.2 Å². The Hall–Kier alpha value is -0.910. The fourth-order valence-corrected chi connectivity index (χ4v) is 4.05. The van der Waals surface area contributed by atoms with E-state index in [-0.39, 0.29) is 12.1 Å². The zero-order chi connectivity index (χ0) is 13.3. The molecule has 5 heteroatoms. The molecule has 0 radical (unpaired) electrons. The van der Waals surface area contributed by atoms with E-state index in [4.69, 9.17) is 5.73 Å². The Balaban J connectivity index is 2.28. The number of benzene rings is 1. The molecule has 0 aliphatic heterocycles. The second-order valence-corrected chi connectivity index (χ2v) is 6.77. The average Bonchev–Trinajstić information content (AvgIpc) is 2.67. The molecular formula is C13H20N2O2S. The highest BCUT2D eigenvalue weighted by Crippen LogP contribution is 2.22. The van der Waals surface area contributed by atoms with E-state index in [0.717, 1.165) is 30.4 Å². The first-order valence-corrected chi connectivity index (χ1v) is 7.73. The summed E-state index contributed by atoms with van der Waals surface area (Å²) in [7, 11) is -3.46. The number of hydrogen-bond donors (Lipinski definition) is 2. The van der Waals surface area contributed by atoms with Crippen LogP contribution >= 0.6 is 0 Å². The Morgan fingerprint density at radius 1 is 1.28 bits per heavy atom. The average molecular weight is 268 g/mol. The molecule has 1 aliphatic carbocycles. The smallest absolute Gasteiger partial charge is 0.241 e. The quantitative estimate of drug-likeness (QED) is 0.871. The number of hydrogen-bond acceptors (Lipinski definition) is 3. The molecule has 0 saturated heterocycles. The van der Waals surface area contributed by atoms with Crippen LogP contribution in [0.4, 0.5) is 0 Å². The van der Waals surface area contributed by atoms with Crippen molar-refractivity contribution in [3.05, 3.63) is 29.3 Å². The van der Waals surface area contributed by atoms with Gasteiger partial charge in [-0.3, -0.25) is 0 Å². The minimum Gasteiger partial charge on any atom is -0.326 e. The molecule has 1 fully saturated rings. The third kappa shape index (κ3) is 2.74. The first kappa shape index (κ1) is 13.5. The highest BCUT2D eigenvalue weighted by atomic mass is 32.2. The van der Waals surface area contributed by atoms with E-state index >= 15 is 0 Å².